The van der Waals surface area contributed by atoms with Crippen molar-refractivity contribution in [1.82, 2.24) is 0 Å². The van der Waals surface area contributed by atoms with E-state index in [1.807, 2.05) is 0 Å². The first-order valence-electron chi connectivity index (χ1n) is 6.23. The molecular formula is C13H22O6. The molecule has 6 nitrogen and oxygen atoms in total. The Morgan fingerprint density at radius 2 is 1.26 bits per heavy atom. The summed E-state index contributed by atoms with van der Waals surface area (Å²) in [6.07, 6.45) is 5.70. The number of hydrogen-bond acceptors (Lipinski definition) is 5. The molecule has 0 saturated carbocycles. The minimum Gasteiger partial charge on any atom is -0.481 e. The fourth-order valence-electron chi connectivity index (χ4n) is 1.05. The summed E-state index contributed by atoms with van der Waals surface area (Å²) in [6.45, 7) is 3.61. The molecule has 0 heterocycles. The van der Waals surface area contributed by atoms with Crippen LogP contribution in [-0.4, -0.2) is 63.9 Å². The monoisotopic (exact) mass is 274 g/mol. The Hall–Kier alpha value is -1.13. The molecule has 0 bridgehead atoms. The second-order valence-electron chi connectivity index (χ2n) is 3.55. The summed E-state index contributed by atoms with van der Waals surface area (Å²) in [5.41, 5.74) is 0. The van der Waals surface area contributed by atoms with E-state index in [0.717, 1.165) is 0 Å². The van der Waals surface area contributed by atoms with Crippen molar-refractivity contribution >= 4 is 5.97 Å². The van der Waals surface area contributed by atoms with Crippen LogP contribution in [-0.2, 0) is 23.7 Å². The standard InChI is InChI=1S/C13H22O6/c1-2-3-5-16-7-9-18-11-12-19-10-8-17-6-4-13(14)15/h1H,3-12H2,(H,14,15). The average Bonchev–Trinajstić information content (AvgIpc) is 2.39. The lowest BCUT2D eigenvalue weighted by atomic mass is 10.5. The third kappa shape index (κ3) is 16.9. The average molecular weight is 274 g/mol. The van der Waals surface area contributed by atoms with E-state index in [1.54, 1.807) is 0 Å². The molecule has 0 amide bonds. The van der Waals surface area contributed by atoms with Crippen molar-refractivity contribution in [2.24, 2.45) is 0 Å². The number of terminal acetylenes is 1. The molecular weight excluding hydrogens is 252 g/mol. The van der Waals surface area contributed by atoms with Crippen LogP contribution in [0.2, 0.25) is 0 Å². The minimum atomic E-state index is -0.862. The van der Waals surface area contributed by atoms with Crippen LogP contribution in [0, 0.1) is 12.3 Å². The molecule has 0 aromatic rings. The van der Waals surface area contributed by atoms with Gasteiger partial charge in [0.15, 0.2) is 0 Å². The summed E-state index contributed by atoms with van der Waals surface area (Å²) < 4.78 is 20.7. The van der Waals surface area contributed by atoms with Crippen molar-refractivity contribution in [3.05, 3.63) is 0 Å². The first kappa shape index (κ1) is 17.9. The van der Waals surface area contributed by atoms with Gasteiger partial charge in [0.1, 0.15) is 0 Å². The molecule has 1 N–H and O–H groups in total. The van der Waals surface area contributed by atoms with Crippen molar-refractivity contribution in [1.29, 1.82) is 0 Å². The van der Waals surface area contributed by atoms with Crippen LogP contribution in [0.4, 0.5) is 0 Å². The first-order valence-corrected chi connectivity index (χ1v) is 6.23. The van der Waals surface area contributed by atoms with Gasteiger partial charge in [0.05, 0.1) is 59.3 Å². The predicted molar refractivity (Wildman–Crippen MR) is 69.0 cm³/mol. The van der Waals surface area contributed by atoms with Gasteiger partial charge in [-0.2, -0.15) is 0 Å². The van der Waals surface area contributed by atoms with Crippen molar-refractivity contribution in [3.63, 3.8) is 0 Å². The molecule has 0 aliphatic heterocycles. The molecule has 0 aromatic carbocycles. The van der Waals surface area contributed by atoms with Crippen LogP contribution >= 0.6 is 0 Å². The largest absolute Gasteiger partial charge is 0.481 e. The molecule has 0 saturated heterocycles. The normalized spacial score (nSPS) is 10.3. The van der Waals surface area contributed by atoms with Crippen LogP contribution in [0.1, 0.15) is 12.8 Å². The fraction of sp³-hybridized carbons (Fsp3) is 0.769. The van der Waals surface area contributed by atoms with E-state index < -0.39 is 5.97 Å². The van der Waals surface area contributed by atoms with E-state index in [-0.39, 0.29) is 13.0 Å². The molecule has 6 heteroatoms. The molecule has 19 heavy (non-hydrogen) atoms. The number of carboxylic acids is 1. The van der Waals surface area contributed by atoms with Gasteiger partial charge in [-0.15, -0.1) is 12.3 Å². The second-order valence-corrected chi connectivity index (χ2v) is 3.55. The van der Waals surface area contributed by atoms with Crippen molar-refractivity contribution in [2.45, 2.75) is 12.8 Å². The Labute approximate surface area is 114 Å². The molecule has 0 aliphatic carbocycles. The van der Waals surface area contributed by atoms with Gasteiger partial charge in [-0.1, -0.05) is 0 Å². The lowest BCUT2D eigenvalue weighted by molar-refractivity contribution is -0.138. The Kier molecular flexibility index (Phi) is 14.0. The lowest BCUT2D eigenvalue weighted by Gasteiger charge is -2.06. The van der Waals surface area contributed by atoms with E-state index in [9.17, 15) is 4.79 Å². The number of ether oxygens (including phenoxy) is 4. The third-order valence-corrected chi connectivity index (χ3v) is 1.97. The van der Waals surface area contributed by atoms with Crippen molar-refractivity contribution in [3.8, 4) is 12.3 Å². The topological polar surface area (TPSA) is 74.2 Å². The number of rotatable bonds is 14. The van der Waals surface area contributed by atoms with Crippen LogP contribution < -0.4 is 0 Å². The highest BCUT2D eigenvalue weighted by Gasteiger charge is 1.96. The Balaban J connectivity index is 2.95. The molecule has 0 radical (unpaired) electrons. The summed E-state index contributed by atoms with van der Waals surface area (Å²) >= 11 is 0. The van der Waals surface area contributed by atoms with E-state index in [2.05, 4.69) is 5.92 Å². The number of carbonyl (C=O) groups is 1. The quantitative estimate of drug-likeness (QED) is 0.368. The van der Waals surface area contributed by atoms with E-state index in [0.29, 0.717) is 52.7 Å². The first-order chi connectivity index (χ1) is 9.27. The van der Waals surface area contributed by atoms with Gasteiger partial charge in [-0.3, -0.25) is 4.79 Å². The number of hydrogen-bond donors (Lipinski definition) is 1. The van der Waals surface area contributed by atoms with E-state index in [4.69, 9.17) is 30.5 Å². The number of aliphatic carboxylic acids is 1. The maximum atomic E-state index is 10.2. The molecule has 0 fully saturated rings. The third-order valence-electron chi connectivity index (χ3n) is 1.97. The van der Waals surface area contributed by atoms with Gasteiger partial charge in [0.25, 0.3) is 0 Å². The smallest absolute Gasteiger partial charge is 0.305 e. The zero-order chi connectivity index (χ0) is 14.2. The van der Waals surface area contributed by atoms with Gasteiger partial charge < -0.3 is 24.1 Å². The van der Waals surface area contributed by atoms with E-state index >= 15 is 0 Å². The van der Waals surface area contributed by atoms with Crippen molar-refractivity contribution < 1.29 is 28.8 Å². The molecule has 0 spiro atoms. The molecule has 110 valence electrons. The van der Waals surface area contributed by atoms with Gasteiger partial charge in [0, 0.05) is 6.42 Å². The maximum absolute atomic E-state index is 10.2. The summed E-state index contributed by atoms with van der Waals surface area (Å²) in [4.78, 5) is 10.2. The summed E-state index contributed by atoms with van der Waals surface area (Å²) in [5.74, 6) is 1.62. The lowest BCUT2D eigenvalue weighted by Crippen LogP contribution is -2.12. The van der Waals surface area contributed by atoms with Gasteiger partial charge in [-0.25, -0.2) is 0 Å². The summed E-state index contributed by atoms with van der Waals surface area (Å²) in [5, 5.41) is 8.36. The van der Waals surface area contributed by atoms with Crippen LogP contribution in [0.15, 0.2) is 0 Å². The van der Waals surface area contributed by atoms with E-state index in [1.165, 1.54) is 0 Å². The van der Waals surface area contributed by atoms with Crippen LogP contribution in [0.3, 0.4) is 0 Å². The fourth-order valence-corrected chi connectivity index (χ4v) is 1.05. The van der Waals surface area contributed by atoms with Crippen molar-refractivity contribution in [2.75, 3.05) is 52.9 Å². The summed E-state index contributed by atoms with van der Waals surface area (Å²) in [7, 11) is 0. The second kappa shape index (κ2) is 14.9. The molecule has 0 unspecified atom stereocenters. The summed E-state index contributed by atoms with van der Waals surface area (Å²) in [6, 6.07) is 0. The molecule has 0 aromatic heterocycles. The predicted octanol–water partition coefficient (Wildman–Crippen LogP) is 0.551. The van der Waals surface area contributed by atoms with Gasteiger partial charge in [-0.05, 0) is 0 Å². The highest BCUT2D eigenvalue weighted by molar-refractivity contribution is 5.66. The zero-order valence-corrected chi connectivity index (χ0v) is 11.1. The molecule has 0 rings (SSSR count). The molecule has 0 atom stereocenters. The number of carboxylic acid groups (broad SMARTS) is 1. The van der Waals surface area contributed by atoms with Gasteiger partial charge in [0.2, 0.25) is 0 Å². The Morgan fingerprint density at radius 3 is 1.68 bits per heavy atom. The van der Waals surface area contributed by atoms with Gasteiger partial charge >= 0.3 is 5.97 Å². The highest BCUT2D eigenvalue weighted by Crippen LogP contribution is 1.85. The van der Waals surface area contributed by atoms with Crippen LogP contribution in [0.5, 0.6) is 0 Å². The van der Waals surface area contributed by atoms with Crippen LogP contribution in [0.25, 0.3) is 0 Å². The Morgan fingerprint density at radius 1 is 0.842 bits per heavy atom. The zero-order valence-electron chi connectivity index (χ0n) is 11.1. The highest BCUT2D eigenvalue weighted by atomic mass is 16.6. The maximum Gasteiger partial charge on any atom is 0.305 e. The molecule has 0 aliphatic rings. The minimum absolute atomic E-state index is 0.0167. The Bertz CT molecular complexity index is 248. The SMILES string of the molecule is C#CCCOCCOCCOCCOCCC(=O)O.